The molecule has 0 aromatic rings. The van der Waals surface area contributed by atoms with Gasteiger partial charge in [-0.3, -0.25) is 0 Å². The summed E-state index contributed by atoms with van der Waals surface area (Å²) in [7, 11) is 4.17. The average molecular weight is 188 g/mol. The second kappa shape index (κ2) is 7.30. The molecular formula is C10H24N2O. The highest BCUT2D eigenvalue weighted by molar-refractivity contribution is 4.79. The summed E-state index contributed by atoms with van der Waals surface area (Å²) in [4.78, 5) is 2.18. The van der Waals surface area contributed by atoms with Gasteiger partial charge in [0.15, 0.2) is 0 Å². The van der Waals surface area contributed by atoms with E-state index in [1.807, 2.05) is 13.8 Å². The van der Waals surface area contributed by atoms with Gasteiger partial charge in [0.1, 0.15) is 0 Å². The van der Waals surface area contributed by atoms with Crippen LogP contribution >= 0.6 is 0 Å². The molecule has 0 radical (unpaired) electrons. The van der Waals surface area contributed by atoms with Crippen LogP contribution in [0, 0.1) is 0 Å². The molecule has 3 nitrogen and oxygen atoms in total. The summed E-state index contributed by atoms with van der Waals surface area (Å²) in [6, 6.07) is 0.499. The highest BCUT2D eigenvalue weighted by Crippen LogP contribution is 2.03. The SMILES string of the molecule is CC.CC1OCCNC1CN(C)C. The second-order valence-corrected chi connectivity index (χ2v) is 3.40. The molecule has 0 amide bonds. The van der Waals surface area contributed by atoms with Crippen molar-refractivity contribution < 1.29 is 4.74 Å². The fraction of sp³-hybridized carbons (Fsp3) is 1.00. The lowest BCUT2D eigenvalue weighted by molar-refractivity contribution is 0.00175. The van der Waals surface area contributed by atoms with E-state index in [2.05, 4.69) is 31.2 Å². The molecule has 0 aliphatic carbocycles. The van der Waals surface area contributed by atoms with Gasteiger partial charge in [0.25, 0.3) is 0 Å². The summed E-state index contributed by atoms with van der Waals surface area (Å²) >= 11 is 0. The number of nitrogens with one attached hydrogen (secondary N) is 1. The van der Waals surface area contributed by atoms with Crippen LogP contribution in [-0.2, 0) is 4.74 Å². The smallest absolute Gasteiger partial charge is 0.0713 e. The Kier molecular flexibility index (Phi) is 7.23. The van der Waals surface area contributed by atoms with E-state index in [0.29, 0.717) is 12.1 Å². The minimum Gasteiger partial charge on any atom is -0.376 e. The van der Waals surface area contributed by atoms with Crippen molar-refractivity contribution in [2.24, 2.45) is 0 Å². The molecule has 1 heterocycles. The van der Waals surface area contributed by atoms with E-state index in [0.717, 1.165) is 19.7 Å². The Labute approximate surface area is 82.4 Å². The van der Waals surface area contributed by atoms with Crippen LogP contribution in [0.3, 0.4) is 0 Å². The lowest BCUT2D eigenvalue weighted by Crippen LogP contribution is -2.51. The van der Waals surface area contributed by atoms with Crippen molar-refractivity contribution in [1.29, 1.82) is 0 Å². The third-order valence-electron chi connectivity index (χ3n) is 2.02. The minimum atomic E-state index is 0.353. The Bertz CT molecular complexity index is 117. The molecule has 1 N–H and O–H groups in total. The van der Waals surface area contributed by atoms with Crippen molar-refractivity contribution in [3.8, 4) is 0 Å². The molecule has 0 aromatic carbocycles. The molecule has 2 atom stereocenters. The lowest BCUT2D eigenvalue weighted by Gasteiger charge is -2.32. The number of nitrogens with zero attached hydrogens (tertiary/aromatic N) is 1. The fourth-order valence-corrected chi connectivity index (χ4v) is 1.38. The van der Waals surface area contributed by atoms with E-state index in [1.54, 1.807) is 0 Å². The number of hydrogen-bond acceptors (Lipinski definition) is 3. The first-order valence-corrected chi connectivity index (χ1v) is 5.20. The molecule has 0 aromatic heterocycles. The van der Waals surface area contributed by atoms with Gasteiger partial charge in [0, 0.05) is 19.1 Å². The van der Waals surface area contributed by atoms with Crippen LogP contribution in [0.2, 0.25) is 0 Å². The number of rotatable bonds is 2. The van der Waals surface area contributed by atoms with Crippen LogP contribution in [0.25, 0.3) is 0 Å². The fourth-order valence-electron chi connectivity index (χ4n) is 1.38. The predicted octanol–water partition coefficient (Wildman–Crippen LogP) is 0.951. The van der Waals surface area contributed by atoms with Crippen LogP contribution < -0.4 is 5.32 Å². The minimum absolute atomic E-state index is 0.353. The third kappa shape index (κ3) is 5.24. The zero-order valence-corrected chi connectivity index (χ0v) is 9.63. The van der Waals surface area contributed by atoms with Gasteiger partial charge in [-0.25, -0.2) is 0 Å². The quantitative estimate of drug-likeness (QED) is 0.698. The summed E-state index contributed by atoms with van der Waals surface area (Å²) in [5, 5.41) is 3.43. The van der Waals surface area contributed by atoms with Crippen LogP contribution in [-0.4, -0.2) is 50.8 Å². The first kappa shape index (κ1) is 12.9. The summed E-state index contributed by atoms with van der Waals surface area (Å²) in [5.41, 5.74) is 0. The maximum absolute atomic E-state index is 5.50. The van der Waals surface area contributed by atoms with Crippen molar-refractivity contribution in [3.05, 3.63) is 0 Å². The number of morpholine rings is 1. The van der Waals surface area contributed by atoms with Gasteiger partial charge in [-0.2, -0.15) is 0 Å². The molecule has 1 saturated heterocycles. The van der Waals surface area contributed by atoms with E-state index in [4.69, 9.17) is 4.74 Å². The predicted molar refractivity (Wildman–Crippen MR) is 57.1 cm³/mol. The normalized spacial score (nSPS) is 28.2. The first-order chi connectivity index (χ1) is 6.20. The first-order valence-electron chi connectivity index (χ1n) is 5.20. The highest BCUT2D eigenvalue weighted by Gasteiger charge is 2.21. The van der Waals surface area contributed by atoms with Gasteiger partial charge in [-0.1, -0.05) is 13.8 Å². The topological polar surface area (TPSA) is 24.5 Å². The molecule has 1 aliphatic heterocycles. The van der Waals surface area contributed by atoms with E-state index in [-0.39, 0.29) is 0 Å². The van der Waals surface area contributed by atoms with E-state index < -0.39 is 0 Å². The molecule has 1 fully saturated rings. The lowest BCUT2D eigenvalue weighted by atomic mass is 10.1. The number of ether oxygens (including phenoxy) is 1. The summed E-state index contributed by atoms with van der Waals surface area (Å²) < 4.78 is 5.50. The molecule has 2 unspecified atom stereocenters. The Hall–Kier alpha value is -0.120. The van der Waals surface area contributed by atoms with Crippen molar-refractivity contribution in [1.82, 2.24) is 10.2 Å². The molecule has 3 heteroatoms. The van der Waals surface area contributed by atoms with Crippen LogP contribution in [0.5, 0.6) is 0 Å². The largest absolute Gasteiger partial charge is 0.376 e. The van der Waals surface area contributed by atoms with Gasteiger partial charge in [-0.15, -0.1) is 0 Å². The zero-order chi connectivity index (χ0) is 10.3. The van der Waals surface area contributed by atoms with E-state index in [9.17, 15) is 0 Å². The van der Waals surface area contributed by atoms with Crippen LogP contribution in [0.15, 0.2) is 0 Å². The molecule has 0 spiro atoms. The molecule has 0 saturated carbocycles. The summed E-state index contributed by atoms with van der Waals surface area (Å²) in [6.45, 7) is 9.02. The highest BCUT2D eigenvalue weighted by atomic mass is 16.5. The zero-order valence-electron chi connectivity index (χ0n) is 9.63. The summed E-state index contributed by atoms with van der Waals surface area (Å²) in [6.07, 6.45) is 0.353. The van der Waals surface area contributed by atoms with Crippen molar-refractivity contribution >= 4 is 0 Å². The molecule has 1 rings (SSSR count). The molecule has 1 aliphatic rings. The van der Waals surface area contributed by atoms with Gasteiger partial charge in [0.2, 0.25) is 0 Å². The summed E-state index contributed by atoms with van der Waals surface area (Å²) in [5.74, 6) is 0. The van der Waals surface area contributed by atoms with Gasteiger partial charge in [-0.05, 0) is 21.0 Å². The van der Waals surface area contributed by atoms with Gasteiger partial charge >= 0.3 is 0 Å². The Morgan fingerprint density at radius 2 is 2.00 bits per heavy atom. The second-order valence-electron chi connectivity index (χ2n) is 3.40. The molecular weight excluding hydrogens is 164 g/mol. The monoisotopic (exact) mass is 188 g/mol. The Balaban J connectivity index is 0.000000671. The van der Waals surface area contributed by atoms with Gasteiger partial charge in [0.05, 0.1) is 12.7 Å². The van der Waals surface area contributed by atoms with E-state index >= 15 is 0 Å². The maximum Gasteiger partial charge on any atom is 0.0713 e. The van der Waals surface area contributed by atoms with Crippen molar-refractivity contribution in [3.63, 3.8) is 0 Å². The van der Waals surface area contributed by atoms with Crippen LogP contribution in [0.4, 0.5) is 0 Å². The van der Waals surface area contributed by atoms with Gasteiger partial charge < -0.3 is 15.0 Å². The number of hydrogen-bond donors (Lipinski definition) is 1. The molecule has 0 bridgehead atoms. The Morgan fingerprint density at radius 3 is 2.46 bits per heavy atom. The standard InChI is InChI=1S/C8H18N2O.C2H6/c1-7-8(6-10(2)3)9-4-5-11-7;1-2/h7-9H,4-6H2,1-3H3;1-2H3. The third-order valence-corrected chi connectivity index (χ3v) is 2.02. The van der Waals surface area contributed by atoms with Crippen molar-refractivity contribution in [2.75, 3.05) is 33.8 Å². The van der Waals surface area contributed by atoms with Crippen molar-refractivity contribution in [2.45, 2.75) is 32.9 Å². The maximum atomic E-state index is 5.50. The molecule has 80 valence electrons. The Morgan fingerprint density at radius 1 is 1.38 bits per heavy atom. The molecule has 13 heavy (non-hydrogen) atoms. The van der Waals surface area contributed by atoms with Crippen LogP contribution in [0.1, 0.15) is 20.8 Å². The number of likely N-dealkylation sites (N-methyl/N-ethyl adjacent to an activating group) is 1. The van der Waals surface area contributed by atoms with E-state index in [1.165, 1.54) is 0 Å². The average Bonchev–Trinajstić information content (AvgIpc) is 2.12.